The van der Waals surface area contributed by atoms with Gasteiger partial charge in [0.1, 0.15) is 4.90 Å². The number of carbonyl (C=O) groups excluding carboxylic acids is 1. The molecule has 1 aromatic rings. The summed E-state index contributed by atoms with van der Waals surface area (Å²) in [7, 11) is -1.15. The van der Waals surface area contributed by atoms with Crippen molar-refractivity contribution in [1.29, 1.82) is 0 Å². The minimum atomic E-state index is -3.79. The number of ether oxygens (including phenoxy) is 1. The van der Waals surface area contributed by atoms with Gasteiger partial charge in [0.2, 0.25) is 10.0 Å². The highest BCUT2D eigenvalue weighted by atomic mass is 35.5. The monoisotopic (exact) mass is 320 g/mol. The molecule has 0 saturated heterocycles. The Bertz CT molecular complexity index is 603. The number of nitrogens with two attached hydrogens (primary N) is 1. The number of carbonyl (C=O) groups is 1. The van der Waals surface area contributed by atoms with Gasteiger partial charge in [-0.1, -0.05) is 18.5 Å². The fourth-order valence-corrected chi connectivity index (χ4v) is 3.44. The lowest BCUT2D eigenvalue weighted by Crippen LogP contribution is -2.34. The molecule has 112 valence electrons. The largest absolute Gasteiger partial charge is 0.469 e. The molecule has 0 bridgehead atoms. The topological polar surface area (TPSA) is 89.7 Å². The second kappa shape index (κ2) is 6.43. The Morgan fingerprint density at radius 1 is 1.50 bits per heavy atom. The molecule has 1 atom stereocenters. The predicted molar refractivity (Wildman–Crippen MR) is 76.9 cm³/mol. The smallest absolute Gasteiger partial charge is 0.309 e. The van der Waals surface area contributed by atoms with E-state index in [0.717, 1.165) is 4.31 Å². The van der Waals surface area contributed by atoms with Crippen LogP contribution in [0.3, 0.4) is 0 Å². The van der Waals surface area contributed by atoms with Crippen LogP contribution in [-0.2, 0) is 19.6 Å². The van der Waals surface area contributed by atoms with Crippen molar-refractivity contribution in [3.05, 3.63) is 23.2 Å². The molecule has 6 nitrogen and oxygen atoms in total. The maximum atomic E-state index is 12.4. The van der Waals surface area contributed by atoms with E-state index in [9.17, 15) is 13.2 Å². The van der Waals surface area contributed by atoms with Gasteiger partial charge in [-0.2, -0.15) is 0 Å². The Morgan fingerprint density at radius 3 is 2.60 bits per heavy atom. The van der Waals surface area contributed by atoms with Crippen LogP contribution in [-0.4, -0.2) is 39.4 Å². The van der Waals surface area contributed by atoms with Gasteiger partial charge >= 0.3 is 5.97 Å². The molecule has 0 aliphatic rings. The lowest BCUT2D eigenvalue weighted by atomic mass is 10.2. The molecule has 0 aliphatic heterocycles. The van der Waals surface area contributed by atoms with Gasteiger partial charge < -0.3 is 10.5 Å². The van der Waals surface area contributed by atoms with Crippen LogP contribution in [0.4, 0.5) is 5.69 Å². The molecule has 0 heterocycles. The van der Waals surface area contributed by atoms with Crippen LogP contribution in [0, 0.1) is 5.92 Å². The first-order valence-corrected chi connectivity index (χ1v) is 7.61. The van der Waals surface area contributed by atoms with Gasteiger partial charge in [-0.3, -0.25) is 4.79 Å². The maximum Gasteiger partial charge on any atom is 0.309 e. The normalized spacial score (nSPS) is 13.2. The van der Waals surface area contributed by atoms with E-state index < -0.39 is 21.9 Å². The first kappa shape index (κ1) is 16.7. The summed E-state index contributed by atoms with van der Waals surface area (Å²) in [5, 5.41) is 0.0440. The summed E-state index contributed by atoms with van der Waals surface area (Å²) in [5.41, 5.74) is 5.91. The quantitative estimate of drug-likeness (QED) is 0.653. The molecular weight excluding hydrogens is 304 g/mol. The van der Waals surface area contributed by atoms with E-state index in [1.54, 1.807) is 6.92 Å². The molecular formula is C12H17ClN2O4S. The van der Waals surface area contributed by atoms with Gasteiger partial charge in [0.25, 0.3) is 0 Å². The molecule has 1 rings (SSSR count). The van der Waals surface area contributed by atoms with Crippen molar-refractivity contribution in [2.75, 3.05) is 26.4 Å². The van der Waals surface area contributed by atoms with Gasteiger partial charge in [-0.25, -0.2) is 12.7 Å². The molecule has 0 amide bonds. The molecule has 2 N–H and O–H groups in total. The van der Waals surface area contributed by atoms with Gasteiger partial charge in [0.15, 0.2) is 0 Å². The third-order valence-electron chi connectivity index (χ3n) is 2.78. The summed E-state index contributed by atoms with van der Waals surface area (Å²) in [5.74, 6) is -1.05. The van der Waals surface area contributed by atoms with Crippen LogP contribution < -0.4 is 5.73 Å². The van der Waals surface area contributed by atoms with Crippen LogP contribution in [0.15, 0.2) is 23.1 Å². The van der Waals surface area contributed by atoms with Crippen LogP contribution in [0.1, 0.15) is 6.92 Å². The van der Waals surface area contributed by atoms with Crippen LogP contribution in [0.25, 0.3) is 0 Å². The fraction of sp³-hybridized carbons (Fsp3) is 0.417. The molecule has 0 aromatic heterocycles. The number of nitrogen functional groups attached to an aromatic ring is 1. The average Bonchev–Trinajstić information content (AvgIpc) is 2.36. The molecule has 1 aromatic carbocycles. The first-order valence-electron chi connectivity index (χ1n) is 5.79. The Morgan fingerprint density at radius 2 is 2.10 bits per heavy atom. The van der Waals surface area contributed by atoms with Crippen molar-refractivity contribution < 1.29 is 17.9 Å². The van der Waals surface area contributed by atoms with Crippen LogP contribution in [0.2, 0.25) is 5.02 Å². The molecule has 0 aliphatic carbocycles. The summed E-state index contributed by atoms with van der Waals surface area (Å²) in [6.45, 7) is 1.58. The number of sulfonamides is 1. The lowest BCUT2D eigenvalue weighted by Gasteiger charge is -2.20. The molecule has 0 fully saturated rings. The van der Waals surface area contributed by atoms with E-state index in [-0.39, 0.29) is 16.5 Å². The zero-order chi connectivity index (χ0) is 15.5. The van der Waals surface area contributed by atoms with Crippen molar-refractivity contribution in [2.45, 2.75) is 11.8 Å². The Kier molecular flexibility index (Phi) is 5.38. The van der Waals surface area contributed by atoms with Crippen LogP contribution in [0.5, 0.6) is 0 Å². The molecule has 1 unspecified atom stereocenters. The number of rotatable bonds is 5. The zero-order valence-electron chi connectivity index (χ0n) is 11.5. The summed E-state index contributed by atoms with van der Waals surface area (Å²) >= 11 is 5.91. The maximum absolute atomic E-state index is 12.4. The van der Waals surface area contributed by atoms with Gasteiger partial charge in [-0.15, -0.1) is 0 Å². The van der Waals surface area contributed by atoms with E-state index in [1.807, 2.05) is 0 Å². The second-order valence-corrected chi connectivity index (χ2v) is 6.82. The fourth-order valence-electron chi connectivity index (χ4n) is 1.65. The van der Waals surface area contributed by atoms with Crippen molar-refractivity contribution in [2.24, 2.45) is 5.92 Å². The standard InChI is InChI=1S/C12H17ClN2O4S/c1-8(12(16)19-3)7-15(2)20(17,18)11-5-4-9(14)6-10(11)13/h4-6,8H,7,14H2,1-3H3. The number of anilines is 1. The van der Waals surface area contributed by atoms with Gasteiger partial charge in [-0.05, 0) is 18.2 Å². The molecule has 0 spiro atoms. The lowest BCUT2D eigenvalue weighted by molar-refractivity contribution is -0.144. The minimum absolute atomic E-state index is 0.00425. The number of esters is 1. The highest BCUT2D eigenvalue weighted by Gasteiger charge is 2.27. The van der Waals surface area contributed by atoms with E-state index in [4.69, 9.17) is 17.3 Å². The Labute approximate surface area is 123 Å². The molecule has 0 saturated carbocycles. The third kappa shape index (κ3) is 3.62. The van der Waals surface area contributed by atoms with Crippen molar-refractivity contribution in [1.82, 2.24) is 4.31 Å². The highest BCUT2D eigenvalue weighted by molar-refractivity contribution is 7.89. The zero-order valence-corrected chi connectivity index (χ0v) is 13.0. The minimum Gasteiger partial charge on any atom is -0.469 e. The number of nitrogens with zero attached hydrogens (tertiary/aromatic N) is 1. The SMILES string of the molecule is COC(=O)C(C)CN(C)S(=O)(=O)c1ccc(N)cc1Cl. The van der Waals surface area contributed by atoms with E-state index >= 15 is 0 Å². The summed E-state index contributed by atoms with van der Waals surface area (Å²) in [4.78, 5) is 11.3. The number of benzene rings is 1. The Balaban J connectivity index is 3.01. The van der Waals surface area contributed by atoms with E-state index in [1.165, 1.54) is 32.4 Å². The number of hydrogen-bond donors (Lipinski definition) is 1. The number of methoxy groups -OCH3 is 1. The first-order chi connectivity index (χ1) is 9.20. The highest BCUT2D eigenvalue weighted by Crippen LogP contribution is 2.26. The summed E-state index contributed by atoms with van der Waals surface area (Å²) in [6.07, 6.45) is 0. The van der Waals surface area contributed by atoms with Crippen molar-refractivity contribution in [3.8, 4) is 0 Å². The van der Waals surface area contributed by atoms with Crippen LogP contribution >= 0.6 is 11.6 Å². The van der Waals surface area contributed by atoms with Crippen molar-refractivity contribution in [3.63, 3.8) is 0 Å². The van der Waals surface area contributed by atoms with Gasteiger partial charge in [0.05, 0.1) is 18.1 Å². The second-order valence-electron chi connectivity index (χ2n) is 4.40. The van der Waals surface area contributed by atoms with Gasteiger partial charge in [0, 0.05) is 19.3 Å². The third-order valence-corrected chi connectivity index (χ3v) is 5.08. The van der Waals surface area contributed by atoms with E-state index in [0.29, 0.717) is 5.69 Å². The average molecular weight is 321 g/mol. The summed E-state index contributed by atoms with van der Waals surface area (Å²) in [6, 6.07) is 4.16. The molecule has 0 radical (unpaired) electrons. The number of halogens is 1. The predicted octanol–water partition coefficient (Wildman–Crippen LogP) is 1.35. The van der Waals surface area contributed by atoms with Crippen molar-refractivity contribution >= 4 is 33.3 Å². The summed E-state index contributed by atoms with van der Waals surface area (Å²) < 4.78 is 30.3. The molecule has 20 heavy (non-hydrogen) atoms. The van der Waals surface area contributed by atoms with E-state index in [2.05, 4.69) is 4.74 Å². The number of hydrogen-bond acceptors (Lipinski definition) is 5. The molecule has 8 heteroatoms. The Hall–Kier alpha value is -1.31.